The zero-order chi connectivity index (χ0) is 73.6. The molecule has 3 aromatic carbocycles. The number of carboxylic acids is 3. The van der Waals surface area contributed by atoms with Crippen molar-refractivity contribution >= 4 is 71.4 Å². The van der Waals surface area contributed by atoms with E-state index in [9.17, 15) is 68.4 Å². The number of nitrogens with one attached hydrogen (secondary N) is 4. The molecule has 0 unspecified atom stereocenters. The van der Waals surface area contributed by atoms with Crippen LogP contribution in [0.1, 0.15) is 163 Å². The van der Waals surface area contributed by atoms with Crippen molar-refractivity contribution < 1.29 is 111 Å². The number of nitrogens with zero attached hydrogens (tertiary/aromatic N) is 3. The number of amides is 4. The average Bonchev–Trinajstić information content (AvgIpc) is 1.16. The fourth-order valence-electron chi connectivity index (χ4n) is 14.1. The molecule has 2 heterocycles. The van der Waals surface area contributed by atoms with Crippen molar-refractivity contribution in [2.75, 3.05) is 13.2 Å². The Morgan fingerprint density at radius 2 is 1.36 bits per heavy atom. The lowest BCUT2D eigenvalue weighted by atomic mass is 9.44. The van der Waals surface area contributed by atoms with Gasteiger partial charge in [-0.1, -0.05) is 92.2 Å². The summed E-state index contributed by atoms with van der Waals surface area (Å²) in [5.41, 5.74) is -7.32. The number of aromatic nitrogens is 3. The molecule has 3 fully saturated rings. The Morgan fingerprint density at radius 1 is 0.723 bits per heavy atom. The van der Waals surface area contributed by atoms with Gasteiger partial charge in [0, 0.05) is 76.2 Å². The molecule has 30 heteroatoms. The molecule has 0 spiro atoms. The summed E-state index contributed by atoms with van der Waals surface area (Å²) in [6.45, 7) is 8.40. The summed E-state index contributed by atoms with van der Waals surface area (Å²) < 4.78 is 38.8. The molecule has 4 amide bonds. The van der Waals surface area contributed by atoms with Gasteiger partial charge in [-0.25, -0.2) is 24.0 Å². The number of aliphatic hydroxyl groups excluding tert-OH is 1. The van der Waals surface area contributed by atoms with E-state index in [2.05, 4.69) is 31.6 Å². The number of fused-ring (bicyclic) bond motifs is 5. The van der Waals surface area contributed by atoms with Crippen LogP contribution in [0.2, 0.25) is 0 Å². The van der Waals surface area contributed by atoms with Gasteiger partial charge in [0.05, 0.1) is 35.3 Å². The second-order valence-corrected chi connectivity index (χ2v) is 26.6. The van der Waals surface area contributed by atoms with Crippen LogP contribution < -0.4 is 21.3 Å². The maximum Gasteiger partial charge on any atom is 0.350 e. The van der Waals surface area contributed by atoms with E-state index in [4.69, 9.17) is 33.5 Å². The molecular formula is C71H87N7O23. The third kappa shape index (κ3) is 18.0. The van der Waals surface area contributed by atoms with Gasteiger partial charge in [0.25, 0.3) is 5.91 Å². The van der Waals surface area contributed by atoms with Crippen LogP contribution in [0.3, 0.4) is 0 Å². The number of ether oxygens (including phenoxy) is 6. The average molecular weight is 1410 g/mol. The largest absolute Gasteiger partial charge is 0.481 e. The van der Waals surface area contributed by atoms with Gasteiger partial charge in [-0.05, 0) is 106 Å². The molecule has 4 aliphatic rings. The van der Waals surface area contributed by atoms with E-state index in [-0.39, 0.29) is 86.3 Å². The maximum absolute atomic E-state index is 15.9. The maximum atomic E-state index is 15.9. The fraction of sp³-hybridized carbons (Fsp3) is 0.521. The van der Waals surface area contributed by atoms with Crippen molar-refractivity contribution in [2.45, 2.75) is 204 Å². The molecule has 1 saturated heterocycles. The Bertz CT molecular complexity index is 3740. The first-order valence-corrected chi connectivity index (χ1v) is 33.5. The van der Waals surface area contributed by atoms with Crippen LogP contribution >= 0.6 is 0 Å². The smallest absolute Gasteiger partial charge is 0.350 e. The Labute approximate surface area is 581 Å². The predicted molar refractivity (Wildman–Crippen MR) is 351 cm³/mol. The highest BCUT2D eigenvalue weighted by Gasteiger charge is 2.78. The molecule has 1 aliphatic heterocycles. The lowest BCUT2D eigenvalue weighted by molar-refractivity contribution is -0.346. The van der Waals surface area contributed by atoms with Crippen molar-refractivity contribution in [2.24, 2.45) is 16.7 Å². The van der Waals surface area contributed by atoms with Crippen LogP contribution in [0.15, 0.2) is 108 Å². The third-order valence-electron chi connectivity index (χ3n) is 19.5. The quantitative estimate of drug-likeness (QED) is 0.0134. The van der Waals surface area contributed by atoms with Crippen molar-refractivity contribution in [3.63, 3.8) is 0 Å². The number of carbonyl (C=O) groups is 12. The van der Waals surface area contributed by atoms with Gasteiger partial charge in [-0.2, -0.15) is 0 Å². The molecule has 2 saturated carbocycles. The number of carbonyl (C=O) groups excluding carboxylic acids is 9. The number of aryl methyl sites for hydroxylation is 2. The summed E-state index contributed by atoms with van der Waals surface area (Å²) in [6, 6.07) is 18.4. The Morgan fingerprint density at radius 3 is 1.96 bits per heavy atom. The normalized spacial score (nSPS) is 24.4. The monoisotopic (exact) mass is 1410 g/mol. The highest BCUT2D eigenvalue weighted by atomic mass is 16.6. The van der Waals surface area contributed by atoms with E-state index in [0.29, 0.717) is 43.5 Å². The summed E-state index contributed by atoms with van der Waals surface area (Å²) in [5.74, 6) is -12.5. The first-order chi connectivity index (χ1) is 47.9. The highest BCUT2D eigenvalue weighted by Crippen LogP contribution is 2.64. The first kappa shape index (κ1) is 76.8. The van der Waals surface area contributed by atoms with Gasteiger partial charge in [0.2, 0.25) is 12.0 Å². The molecule has 30 nitrogen and oxygen atoms in total. The molecule has 2 bridgehead atoms. The number of aliphatic carboxylic acids is 3. The molecule has 8 rings (SSSR count). The second-order valence-electron chi connectivity index (χ2n) is 26.6. The number of Topliss-reactive ketones (excluding diaryl/α,β-unsaturated/α-hetero) is 1. The number of benzene rings is 3. The molecular weight excluding hydrogens is 1320 g/mol. The van der Waals surface area contributed by atoms with Gasteiger partial charge in [-0.15, -0.1) is 5.10 Å². The fourth-order valence-corrected chi connectivity index (χ4v) is 14.1. The SMILES string of the molecule is CC(=O)O[C@H]1C(=O)[C@@]2(C)[C@H]([C@H](OC(=O)c3ccccc3)[C@]3(O)C[C@H](OC(=O)[C@H](OC(=O)CCCc4cn(CCCCCC(=O)NCCCC[C@H](NC(=O)N[C@@H](CCC(=O)O)C(=O)O)C(=O)O)nn4)[C@@H](NC(=O)c4ccccc4)c4ccccc4)C(C)=C1C3(C)C)[C@]1(OC(C)=O)CO[C@@H]1C[C@@H]2O. The van der Waals surface area contributed by atoms with Gasteiger partial charge in [-0.3, -0.25) is 38.2 Å². The summed E-state index contributed by atoms with van der Waals surface area (Å²) >= 11 is 0. The van der Waals surface area contributed by atoms with Crippen LogP contribution in [0, 0.1) is 16.7 Å². The molecule has 3 aliphatic carbocycles. The molecule has 4 aromatic rings. The van der Waals surface area contributed by atoms with Crippen LogP contribution in [-0.2, 0) is 84.5 Å². The van der Waals surface area contributed by atoms with Gasteiger partial charge < -0.3 is 75.2 Å². The highest BCUT2D eigenvalue weighted by molar-refractivity contribution is 5.97. The number of esters is 5. The van der Waals surface area contributed by atoms with Crippen molar-refractivity contribution in [3.05, 3.63) is 131 Å². The number of carboxylic acid groups (broad SMARTS) is 3. The number of hydrogen-bond acceptors (Lipinski definition) is 22. The minimum atomic E-state index is -2.52. The van der Waals surface area contributed by atoms with E-state index in [0.717, 1.165) is 13.8 Å². The zero-order valence-corrected chi connectivity index (χ0v) is 57.0. The number of ketones is 1. The van der Waals surface area contributed by atoms with Gasteiger partial charge in [0.15, 0.2) is 17.5 Å². The van der Waals surface area contributed by atoms with Crippen LogP contribution in [0.25, 0.3) is 0 Å². The molecule has 1 aromatic heterocycles. The number of urea groups is 1. The molecule has 0 radical (unpaired) electrons. The molecule has 101 heavy (non-hydrogen) atoms. The molecule has 544 valence electrons. The van der Waals surface area contributed by atoms with Crippen molar-refractivity contribution in [1.82, 2.24) is 36.3 Å². The summed E-state index contributed by atoms with van der Waals surface area (Å²) in [4.78, 5) is 160. The van der Waals surface area contributed by atoms with E-state index in [1.165, 1.54) is 52.0 Å². The Balaban J connectivity index is 0.964. The standard InChI is InChI=1S/C71H87N7O23/c1-40-49(37-71(95)61(100-65(92)45-26-15-9-16-27-45)59-69(6,50(81)36-51-70(59,39-96-51)101-42(3)80)60(86)57(97-41(2)79)55(40)68(71,4)5)98-66(93)58(56(43-22-11-7-12-23-43)75-62(87)44-24-13-8-14-25-44)99-54(85)31-21-28-46-38-78(77-76-46)35-20-10-17-30-52(82)72-34-19-18-29-47(63(88)89)73-67(94)74-48(64(90)91)32-33-53(83)84/h7-9,11-16,22-27,38,47-51,56-59,61,81,95H,10,17-21,28-37,39H2,1-6H3,(H,72,82)(H,75,87)(H,83,84)(H,88,89)(H,90,91)(H2,73,74,94)/t47-,48-,49-,50-,51+,56-,57+,58+,59-,61-,69+,70-,71+/m0/s1. The second kappa shape index (κ2) is 33.5. The first-order valence-electron chi connectivity index (χ1n) is 33.5. The summed E-state index contributed by atoms with van der Waals surface area (Å²) in [7, 11) is 0. The van der Waals surface area contributed by atoms with E-state index in [1.54, 1.807) is 77.6 Å². The summed E-state index contributed by atoms with van der Waals surface area (Å²) in [5, 5.41) is 72.5. The van der Waals surface area contributed by atoms with Crippen LogP contribution in [0.5, 0.6) is 0 Å². The molecule has 13 atom stereocenters. The van der Waals surface area contributed by atoms with Gasteiger partial charge >= 0.3 is 53.8 Å². The minimum absolute atomic E-state index is 0.0134. The van der Waals surface area contributed by atoms with Crippen LogP contribution in [0.4, 0.5) is 4.79 Å². The molecule has 9 N–H and O–H groups in total. The number of rotatable bonds is 33. The van der Waals surface area contributed by atoms with Crippen molar-refractivity contribution in [1.29, 1.82) is 0 Å². The Hall–Kier alpha value is -9.94. The lowest BCUT2D eigenvalue weighted by Crippen LogP contribution is -2.82. The topological polar surface area (TPSA) is 440 Å². The van der Waals surface area contributed by atoms with E-state index >= 15 is 9.59 Å². The minimum Gasteiger partial charge on any atom is -0.481 e. The van der Waals surface area contributed by atoms with Crippen LogP contribution in [-0.4, -0.2) is 185 Å². The van der Waals surface area contributed by atoms with E-state index < -0.39 is 167 Å². The third-order valence-corrected chi connectivity index (χ3v) is 19.5. The number of hydrogen-bond donors (Lipinski definition) is 9. The zero-order valence-electron chi connectivity index (χ0n) is 57.0. The van der Waals surface area contributed by atoms with E-state index in [1.807, 2.05) is 0 Å². The van der Waals surface area contributed by atoms with Gasteiger partial charge in [0.1, 0.15) is 42.0 Å². The lowest BCUT2D eigenvalue weighted by Gasteiger charge is -2.67. The Kier molecular flexibility index (Phi) is 25.5. The number of aliphatic hydroxyl groups is 2. The predicted octanol–water partition coefficient (Wildman–Crippen LogP) is 4.82. The summed E-state index contributed by atoms with van der Waals surface area (Å²) in [6.07, 6.45) is -7.77. The number of unbranched alkanes of at least 4 members (excludes halogenated alkanes) is 3. The van der Waals surface area contributed by atoms with Crippen molar-refractivity contribution in [3.8, 4) is 0 Å².